The Morgan fingerprint density at radius 3 is 2.86 bits per heavy atom. The predicted molar refractivity (Wildman–Crippen MR) is 45.7 cm³/mol. The molecule has 0 saturated heterocycles. The normalized spacial score (nSPS) is 10.1. The molecule has 1 N–H and O–H groups in total. The molecule has 0 fully saturated rings. The third-order valence-electron chi connectivity index (χ3n) is 1.61. The second-order valence-electron chi connectivity index (χ2n) is 2.55. The van der Waals surface area contributed by atoms with E-state index in [-0.39, 0.29) is 11.7 Å². The second kappa shape index (κ2) is 3.33. The maximum Gasteiger partial charge on any atom is 0.301 e. The van der Waals surface area contributed by atoms with E-state index in [1.807, 2.05) is 0 Å². The molecular formula is C8H7N3O3. The number of carbonyl (C=O) groups is 1. The first-order valence-corrected chi connectivity index (χ1v) is 3.88. The van der Waals surface area contributed by atoms with Crippen LogP contribution in [0.2, 0.25) is 0 Å². The average Bonchev–Trinajstić information content (AvgIpc) is 2.75. The molecule has 0 spiro atoms. The van der Waals surface area contributed by atoms with Gasteiger partial charge in [0, 0.05) is 0 Å². The summed E-state index contributed by atoms with van der Waals surface area (Å²) in [6.07, 6.45) is 4.01. The highest BCUT2D eigenvalue weighted by atomic mass is 16.4. The molecule has 0 saturated carbocycles. The molecule has 6 heteroatoms. The summed E-state index contributed by atoms with van der Waals surface area (Å²) in [5, 5.41) is 2.43. The summed E-state index contributed by atoms with van der Waals surface area (Å²) in [7, 11) is 0. The summed E-state index contributed by atoms with van der Waals surface area (Å²) < 4.78 is 9.72. The van der Waals surface area contributed by atoms with Crippen LogP contribution in [-0.2, 0) is 0 Å². The van der Waals surface area contributed by atoms with Gasteiger partial charge < -0.3 is 8.83 Å². The Morgan fingerprint density at radius 1 is 1.43 bits per heavy atom. The zero-order valence-electron chi connectivity index (χ0n) is 7.35. The van der Waals surface area contributed by atoms with Gasteiger partial charge in [-0.1, -0.05) is 0 Å². The molecule has 0 aromatic carbocycles. The van der Waals surface area contributed by atoms with Gasteiger partial charge in [0.2, 0.25) is 0 Å². The van der Waals surface area contributed by atoms with Crippen LogP contribution in [0.15, 0.2) is 27.7 Å². The van der Waals surface area contributed by atoms with Crippen molar-refractivity contribution in [2.75, 3.05) is 5.32 Å². The molecule has 0 aliphatic carbocycles. The number of carbonyl (C=O) groups excluding carboxylic acids is 1. The molecule has 6 nitrogen and oxygen atoms in total. The highest BCUT2D eigenvalue weighted by Crippen LogP contribution is 2.08. The third kappa shape index (κ3) is 1.49. The van der Waals surface area contributed by atoms with Gasteiger partial charge in [0.1, 0.15) is 12.0 Å². The van der Waals surface area contributed by atoms with Gasteiger partial charge in [-0.15, -0.1) is 0 Å². The first-order valence-electron chi connectivity index (χ1n) is 3.88. The van der Waals surface area contributed by atoms with Crippen LogP contribution < -0.4 is 5.32 Å². The van der Waals surface area contributed by atoms with Crippen molar-refractivity contribution in [3.05, 3.63) is 30.3 Å². The van der Waals surface area contributed by atoms with E-state index in [2.05, 4.69) is 15.3 Å². The van der Waals surface area contributed by atoms with Crippen molar-refractivity contribution < 1.29 is 13.6 Å². The fourth-order valence-electron chi connectivity index (χ4n) is 0.965. The number of nitrogens with one attached hydrogen (secondary N) is 1. The van der Waals surface area contributed by atoms with E-state index in [1.165, 1.54) is 18.9 Å². The molecular weight excluding hydrogens is 186 g/mol. The zero-order chi connectivity index (χ0) is 9.97. The van der Waals surface area contributed by atoms with Crippen LogP contribution in [0, 0.1) is 6.92 Å². The van der Waals surface area contributed by atoms with Crippen LogP contribution in [-0.4, -0.2) is 15.9 Å². The molecule has 0 aliphatic rings. The van der Waals surface area contributed by atoms with Gasteiger partial charge in [0.25, 0.3) is 5.91 Å². The van der Waals surface area contributed by atoms with E-state index in [0.717, 1.165) is 0 Å². The fourth-order valence-corrected chi connectivity index (χ4v) is 0.965. The number of anilines is 1. The Kier molecular flexibility index (Phi) is 2.02. The number of oxazole rings is 2. The van der Waals surface area contributed by atoms with E-state index >= 15 is 0 Å². The highest BCUT2D eigenvalue weighted by molar-refractivity contribution is 6.02. The van der Waals surface area contributed by atoms with Gasteiger partial charge >= 0.3 is 6.01 Å². The van der Waals surface area contributed by atoms with Crippen molar-refractivity contribution in [3.63, 3.8) is 0 Å². The molecule has 0 radical (unpaired) electrons. The van der Waals surface area contributed by atoms with E-state index in [4.69, 9.17) is 8.83 Å². The van der Waals surface area contributed by atoms with E-state index in [0.29, 0.717) is 5.76 Å². The third-order valence-corrected chi connectivity index (χ3v) is 1.61. The minimum absolute atomic E-state index is 0.136. The molecule has 0 atom stereocenters. The quantitative estimate of drug-likeness (QED) is 0.775. The van der Waals surface area contributed by atoms with Crippen molar-refractivity contribution in [1.29, 1.82) is 0 Å². The van der Waals surface area contributed by atoms with E-state index < -0.39 is 5.91 Å². The van der Waals surface area contributed by atoms with Gasteiger partial charge in [-0.05, 0) is 6.92 Å². The lowest BCUT2D eigenvalue weighted by Crippen LogP contribution is -2.13. The lowest BCUT2D eigenvalue weighted by atomic mass is 10.3. The van der Waals surface area contributed by atoms with Gasteiger partial charge in [-0.25, -0.2) is 9.97 Å². The Labute approximate surface area is 79.0 Å². The minimum Gasteiger partial charge on any atom is -0.448 e. The zero-order valence-corrected chi connectivity index (χ0v) is 7.35. The van der Waals surface area contributed by atoms with Crippen LogP contribution in [0.4, 0.5) is 6.01 Å². The van der Waals surface area contributed by atoms with Crippen molar-refractivity contribution in [1.82, 2.24) is 9.97 Å². The number of hydrogen-bond donors (Lipinski definition) is 1. The lowest BCUT2D eigenvalue weighted by Gasteiger charge is -1.96. The maximum absolute atomic E-state index is 11.5. The average molecular weight is 193 g/mol. The lowest BCUT2D eigenvalue weighted by molar-refractivity contribution is 0.101. The second-order valence-corrected chi connectivity index (χ2v) is 2.55. The van der Waals surface area contributed by atoms with Crippen LogP contribution >= 0.6 is 0 Å². The summed E-state index contributed by atoms with van der Waals surface area (Å²) in [5.41, 5.74) is 0.225. The smallest absolute Gasteiger partial charge is 0.301 e. The van der Waals surface area contributed by atoms with Crippen LogP contribution in [0.3, 0.4) is 0 Å². The Balaban J connectivity index is 2.14. The molecule has 2 heterocycles. The monoisotopic (exact) mass is 193 g/mol. The summed E-state index contributed by atoms with van der Waals surface area (Å²) >= 11 is 0. The number of aromatic nitrogens is 2. The molecule has 0 bridgehead atoms. The Morgan fingerprint density at radius 2 is 2.29 bits per heavy atom. The first-order chi connectivity index (χ1) is 6.77. The molecule has 72 valence electrons. The van der Waals surface area contributed by atoms with Gasteiger partial charge in [-0.3, -0.25) is 10.1 Å². The summed E-state index contributed by atoms with van der Waals surface area (Å²) in [6, 6.07) is 0.136. The molecule has 14 heavy (non-hydrogen) atoms. The van der Waals surface area contributed by atoms with Crippen LogP contribution in [0.5, 0.6) is 0 Å². The van der Waals surface area contributed by atoms with Crippen molar-refractivity contribution in [3.8, 4) is 0 Å². The standard InChI is InChI=1S/C8H7N3O3/c1-5-6(10-4-14-5)7(12)11-8-9-2-3-13-8/h2-4H,1H3,(H,9,11,12). The molecule has 1 amide bonds. The van der Waals surface area contributed by atoms with E-state index in [1.54, 1.807) is 6.92 Å². The van der Waals surface area contributed by atoms with E-state index in [9.17, 15) is 4.79 Å². The SMILES string of the molecule is Cc1ocnc1C(=O)Nc1ncco1. The summed E-state index contributed by atoms with van der Waals surface area (Å²) in [5.74, 6) is 0.0488. The van der Waals surface area contributed by atoms with Crippen LogP contribution in [0.1, 0.15) is 16.2 Å². The van der Waals surface area contributed by atoms with Gasteiger partial charge in [0.05, 0.1) is 6.20 Å². The maximum atomic E-state index is 11.5. The number of hydrogen-bond acceptors (Lipinski definition) is 5. The van der Waals surface area contributed by atoms with Crippen molar-refractivity contribution >= 4 is 11.9 Å². The Hall–Kier alpha value is -2.11. The highest BCUT2D eigenvalue weighted by Gasteiger charge is 2.14. The molecule has 0 aliphatic heterocycles. The summed E-state index contributed by atoms with van der Waals surface area (Å²) in [6.45, 7) is 1.65. The minimum atomic E-state index is -0.404. The van der Waals surface area contributed by atoms with Crippen LogP contribution in [0.25, 0.3) is 0 Å². The van der Waals surface area contributed by atoms with Gasteiger partial charge in [0.15, 0.2) is 12.1 Å². The largest absolute Gasteiger partial charge is 0.448 e. The number of rotatable bonds is 2. The topological polar surface area (TPSA) is 81.2 Å². The first kappa shape index (κ1) is 8.49. The number of amides is 1. The number of aryl methyl sites for hydroxylation is 1. The molecule has 0 unspecified atom stereocenters. The van der Waals surface area contributed by atoms with Crippen molar-refractivity contribution in [2.45, 2.75) is 6.92 Å². The fraction of sp³-hybridized carbons (Fsp3) is 0.125. The van der Waals surface area contributed by atoms with Crippen molar-refractivity contribution in [2.24, 2.45) is 0 Å². The molecule has 2 aromatic heterocycles. The molecule has 2 rings (SSSR count). The molecule has 2 aromatic rings. The van der Waals surface area contributed by atoms with Gasteiger partial charge in [-0.2, -0.15) is 0 Å². The number of nitrogens with zero attached hydrogens (tertiary/aromatic N) is 2. The Bertz CT molecular complexity index is 432. The predicted octanol–water partition coefficient (Wildman–Crippen LogP) is 1.22. The summed E-state index contributed by atoms with van der Waals surface area (Å²) in [4.78, 5) is 18.9.